The Morgan fingerprint density at radius 3 is 2.39 bits per heavy atom. The minimum atomic E-state index is -0.482. The minimum Gasteiger partial charge on any atom is -0.493 e. The number of nitro benzene ring substituents is 1. The second kappa shape index (κ2) is 12.8. The van der Waals surface area contributed by atoms with Gasteiger partial charge in [-0.25, -0.2) is 4.39 Å². The zero-order valence-electron chi connectivity index (χ0n) is 17.8. The molecule has 0 saturated heterocycles. The van der Waals surface area contributed by atoms with Gasteiger partial charge in [0.2, 0.25) is 0 Å². The Bertz CT molecular complexity index is 1070. The lowest BCUT2D eigenvalue weighted by atomic mass is 10.2. The summed E-state index contributed by atoms with van der Waals surface area (Å²) in [5, 5.41) is 17.5. The lowest BCUT2D eigenvalue weighted by Gasteiger charge is -2.13. The molecule has 33 heavy (non-hydrogen) atoms. The summed E-state index contributed by atoms with van der Waals surface area (Å²) in [6, 6.07) is 16.2. The lowest BCUT2D eigenvalue weighted by molar-refractivity contribution is -0.384. The number of ether oxygens (including phenoxy) is 2. The van der Waals surface area contributed by atoms with Gasteiger partial charge in [-0.1, -0.05) is 29.8 Å². The summed E-state index contributed by atoms with van der Waals surface area (Å²) in [7, 11) is 1.58. The van der Waals surface area contributed by atoms with E-state index in [0.717, 1.165) is 11.1 Å². The van der Waals surface area contributed by atoms with Gasteiger partial charge in [0.15, 0.2) is 11.5 Å². The van der Waals surface area contributed by atoms with Crippen LogP contribution in [0.2, 0.25) is 5.02 Å². The van der Waals surface area contributed by atoms with Gasteiger partial charge in [0.05, 0.1) is 22.7 Å². The van der Waals surface area contributed by atoms with Gasteiger partial charge in [0.1, 0.15) is 12.4 Å². The zero-order chi connectivity index (χ0) is 22.9. The Morgan fingerprint density at radius 1 is 1.00 bits per heavy atom. The first kappa shape index (κ1) is 26.2. The number of nitro groups is 1. The zero-order valence-corrected chi connectivity index (χ0v) is 19.4. The molecule has 0 unspecified atom stereocenters. The van der Waals surface area contributed by atoms with E-state index in [-0.39, 0.29) is 23.9 Å². The number of methoxy groups -OCH3 is 1. The molecule has 0 heterocycles. The predicted octanol–water partition coefficient (Wildman–Crippen LogP) is 5.60. The number of nitrogens with one attached hydrogen (secondary N) is 2. The van der Waals surface area contributed by atoms with E-state index in [1.54, 1.807) is 25.3 Å². The highest BCUT2D eigenvalue weighted by atomic mass is 35.5. The van der Waals surface area contributed by atoms with Gasteiger partial charge in [0.25, 0.3) is 5.69 Å². The van der Waals surface area contributed by atoms with Crippen LogP contribution in [0.5, 0.6) is 11.5 Å². The van der Waals surface area contributed by atoms with E-state index in [9.17, 15) is 14.5 Å². The molecule has 0 bridgehead atoms. The first-order chi connectivity index (χ1) is 15.5. The van der Waals surface area contributed by atoms with Crippen molar-refractivity contribution in [1.29, 1.82) is 0 Å². The Kier molecular flexibility index (Phi) is 10.2. The predicted molar refractivity (Wildman–Crippen MR) is 129 cm³/mol. The van der Waals surface area contributed by atoms with E-state index in [1.165, 1.54) is 24.3 Å². The third-order valence-electron chi connectivity index (χ3n) is 4.65. The quantitative estimate of drug-likeness (QED) is 0.204. The smallest absolute Gasteiger partial charge is 0.271 e. The van der Waals surface area contributed by atoms with Gasteiger partial charge in [-0.05, 0) is 41.5 Å². The summed E-state index contributed by atoms with van der Waals surface area (Å²) in [5.41, 5.74) is 2.48. The maximum absolute atomic E-state index is 13.0. The van der Waals surface area contributed by atoms with E-state index in [4.69, 9.17) is 21.1 Å². The molecule has 0 saturated carbocycles. The highest BCUT2D eigenvalue weighted by Gasteiger charge is 2.09. The second-order valence-corrected chi connectivity index (χ2v) is 7.33. The summed E-state index contributed by atoms with van der Waals surface area (Å²) in [5.74, 6) is 0.937. The molecule has 0 fully saturated rings. The topological polar surface area (TPSA) is 85.7 Å². The van der Waals surface area contributed by atoms with Crippen LogP contribution in [-0.4, -0.2) is 25.1 Å². The second-order valence-electron chi connectivity index (χ2n) is 6.93. The largest absolute Gasteiger partial charge is 0.493 e. The summed E-state index contributed by atoms with van der Waals surface area (Å²) < 4.78 is 24.2. The molecule has 0 aliphatic heterocycles. The Labute approximate surface area is 202 Å². The standard InChI is InChI=1S/C23H23ClFN3O4.ClH/c1-31-23-12-17(4-9-22(23)32-15-16-2-5-18(25)6-3-16)14-26-10-11-27-21-8-7-19(28(29)30)13-20(21)24;/h2-9,12-13,26-27H,10-11,14-15H2,1H3;1H. The van der Waals surface area contributed by atoms with Gasteiger partial charge in [0, 0.05) is 31.8 Å². The molecule has 176 valence electrons. The molecule has 0 aliphatic rings. The monoisotopic (exact) mass is 495 g/mol. The molecular formula is C23H24Cl2FN3O4. The van der Waals surface area contributed by atoms with Crippen molar-refractivity contribution in [3.63, 3.8) is 0 Å². The van der Waals surface area contributed by atoms with E-state index in [0.29, 0.717) is 48.5 Å². The number of rotatable bonds is 11. The van der Waals surface area contributed by atoms with Gasteiger partial charge in [-0.2, -0.15) is 0 Å². The fraction of sp³-hybridized carbons (Fsp3) is 0.217. The number of nitrogens with zero attached hydrogens (tertiary/aromatic N) is 1. The van der Waals surface area contributed by atoms with Crippen LogP contribution in [-0.2, 0) is 13.2 Å². The number of benzene rings is 3. The minimum absolute atomic E-state index is 0. The normalized spacial score (nSPS) is 10.3. The molecule has 7 nitrogen and oxygen atoms in total. The van der Waals surface area contributed by atoms with E-state index in [2.05, 4.69) is 10.6 Å². The van der Waals surface area contributed by atoms with Gasteiger partial charge in [-0.15, -0.1) is 12.4 Å². The van der Waals surface area contributed by atoms with Gasteiger partial charge in [-0.3, -0.25) is 10.1 Å². The fourth-order valence-electron chi connectivity index (χ4n) is 2.96. The molecule has 0 spiro atoms. The number of hydrogen-bond acceptors (Lipinski definition) is 6. The van der Waals surface area contributed by atoms with Crippen LogP contribution in [0.15, 0.2) is 60.7 Å². The summed E-state index contributed by atoms with van der Waals surface area (Å²) >= 11 is 6.07. The lowest BCUT2D eigenvalue weighted by Crippen LogP contribution is -2.21. The number of hydrogen-bond donors (Lipinski definition) is 2. The van der Waals surface area contributed by atoms with Crippen LogP contribution < -0.4 is 20.1 Å². The molecule has 10 heteroatoms. The highest BCUT2D eigenvalue weighted by molar-refractivity contribution is 6.33. The number of halogens is 3. The molecule has 2 N–H and O–H groups in total. The molecule has 0 amide bonds. The van der Waals surface area contributed by atoms with E-state index >= 15 is 0 Å². The van der Waals surface area contributed by atoms with Crippen LogP contribution in [0.3, 0.4) is 0 Å². The van der Waals surface area contributed by atoms with Crippen molar-refractivity contribution < 1.29 is 18.8 Å². The fourth-order valence-corrected chi connectivity index (χ4v) is 3.20. The van der Waals surface area contributed by atoms with Crippen LogP contribution in [0, 0.1) is 15.9 Å². The van der Waals surface area contributed by atoms with E-state index in [1.807, 2.05) is 18.2 Å². The summed E-state index contributed by atoms with van der Waals surface area (Å²) in [6.45, 7) is 2.17. The van der Waals surface area contributed by atoms with Crippen molar-refractivity contribution >= 4 is 35.4 Å². The first-order valence-electron chi connectivity index (χ1n) is 9.89. The number of anilines is 1. The third kappa shape index (κ3) is 7.78. The van der Waals surface area contributed by atoms with Crippen molar-refractivity contribution in [3.8, 4) is 11.5 Å². The summed E-state index contributed by atoms with van der Waals surface area (Å²) in [6.07, 6.45) is 0. The Balaban J connectivity index is 0.00000385. The van der Waals surface area contributed by atoms with Crippen molar-refractivity contribution in [2.75, 3.05) is 25.5 Å². The molecule has 3 aromatic carbocycles. The SMILES string of the molecule is COc1cc(CNCCNc2ccc([N+](=O)[O-])cc2Cl)ccc1OCc1ccc(F)cc1.Cl. The maximum atomic E-state index is 13.0. The van der Waals surface area contributed by atoms with E-state index < -0.39 is 4.92 Å². The third-order valence-corrected chi connectivity index (χ3v) is 4.96. The van der Waals surface area contributed by atoms with Crippen LogP contribution >= 0.6 is 24.0 Å². The molecule has 3 rings (SSSR count). The van der Waals surface area contributed by atoms with Crippen molar-refractivity contribution in [2.24, 2.45) is 0 Å². The maximum Gasteiger partial charge on any atom is 0.271 e. The Hall–Kier alpha value is -3.07. The molecular weight excluding hydrogens is 472 g/mol. The molecule has 0 atom stereocenters. The first-order valence-corrected chi connectivity index (χ1v) is 10.3. The van der Waals surface area contributed by atoms with Crippen LogP contribution in [0.4, 0.5) is 15.8 Å². The van der Waals surface area contributed by atoms with Crippen molar-refractivity contribution in [2.45, 2.75) is 13.2 Å². The Morgan fingerprint density at radius 2 is 1.73 bits per heavy atom. The summed E-state index contributed by atoms with van der Waals surface area (Å²) in [4.78, 5) is 10.3. The van der Waals surface area contributed by atoms with Crippen LogP contribution in [0.25, 0.3) is 0 Å². The van der Waals surface area contributed by atoms with Gasteiger partial charge >= 0.3 is 0 Å². The average Bonchev–Trinajstić information content (AvgIpc) is 2.79. The van der Waals surface area contributed by atoms with Crippen LogP contribution in [0.1, 0.15) is 11.1 Å². The average molecular weight is 496 g/mol. The molecule has 0 aromatic heterocycles. The number of non-ortho nitro benzene ring substituents is 1. The molecule has 0 radical (unpaired) electrons. The molecule has 3 aromatic rings. The van der Waals surface area contributed by atoms with Crippen molar-refractivity contribution in [3.05, 3.63) is 92.7 Å². The molecule has 0 aliphatic carbocycles. The van der Waals surface area contributed by atoms with Crippen molar-refractivity contribution in [1.82, 2.24) is 5.32 Å². The van der Waals surface area contributed by atoms with Gasteiger partial charge < -0.3 is 20.1 Å². The highest BCUT2D eigenvalue weighted by Crippen LogP contribution is 2.29.